The Morgan fingerprint density at radius 1 is 1.47 bits per heavy atom. The minimum Gasteiger partial charge on any atom is -0.465 e. The van der Waals surface area contributed by atoms with Crippen molar-refractivity contribution in [3.63, 3.8) is 0 Å². The minimum absolute atomic E-state index is 0.0833. The molecule has 88 valence electrons. The van der Waals surface area contributed by atoms with Crippen molar-refractivity contribution in [2.75, 3.05) is 40.6 Å². The molecule has 0 radical (unpaired) electrons. The van der Waals surface area contributed by atoms with E-state index < -0.39 is 0 Å². The van der Waals surface area contributed by atoms with Crippen LogP contribution in [0, 0.1) is 5.92 Å². The molecule has 5 nitrogen and oxygen atoms in total. The average Bonchev–Trinajstić information content (AvgIpc) is 2.72. The highest BCUT2D eigenvalue weighted by Gasteiger charge is 2.34. The van der Waals surface area contributed by atoms with Crippen molar-refractivity contribution in [2.24, 2.45) is 5.92 Å². The van der Waals surface area contributed by atoms with E-state index in [1.54, 1.807) is 7.11 Å². The van der Waals surface area contributed by atoms with Gasteiger partial charge in [0, 0.05) is 26.2 Å². The van der Waals surface area contributed by atoms with Crippen molar-refractivity contribution in [2.45, 2.75) is 12.5 Å². The molecule has 1 fully saturated rings. The number of hydrogen-bond acceptors (Lipinski definition) is 5. The summed E-state index contributed by atoms with van der Waals surface area (Å²) in [7, 11) is 3.45. The maximum Gasteiger partial charge on any atom is 0.312 e. The van der Waals surface area contributed by atoms with Gasteiger partial charge in [0.1, 0.15) is 0 Å². The third-order valence-electron chi connectivity index (χ3n) is 2.49. The van der Waals surface area contributed by atoms with E-state index in [1.807, 2.05) is 7.05 Å². The third kappa shape index (κ3) is 3.77. The van der Waals surface area contributed by atoms with Gasteiger partial charge in [-0.05, 0) is 7.05 Å². The number of esters is 1. The van der Waals surface area contributed by atoms with Gasteiger partial charge in [-0.2, -0.15) is 0 Å². The molecule has 1 saturated heterocycles. The van der Waals surface area contributed by atoms with Crippen molar-refractivity contribution in [1.29, 1.82) is 0 Å². The Balaban J connectivity index is 2.21. The Bertz CT molecular complexity index is 198. The van der Waals surface area contributed by atoms with E-state index in [-0.39, 0.29) is 17.9 Å². The summed E-state index contributed by atoms with van der Waals surface area (Å²) in [6.45, 7) is 2.06. The molecule has 0 spiro atoms. The van der Waals surface area contributed by atoms with Gasteiger partial charge in [-0.15, -0.1) is 0 Å². The van der Waals surface area contributed by atoms with E-state index in [0.717, 1.165) is 6.42 Å². The van der Waals surface area contributed by atoms with Crippen LogP contribution < -0.4 is 5.32 Å². The summed E-state index contributed by atoms with van der Waals surface area (Å²) in [6, 6.07) is 0.0833. The first-order valence-corrected chi connectivity index (χ1v) is 5.20. The quantitative estimate of drug-likeness (QED) is 0.493. The monoisotopic (exact) mass is 217 g/mol. The van der Waals surface area contributed by atoms with Gasteiger partial charge in [0.2, 0.25) is 0 Å². The predicted molar refractivity (Wildman–Crippen MR) is 54.6 cm³/mol. The standard InChI is InChI=1S/C10H19NO4/c1-11-9-7-14-6-8(9)10(12)15-5-3-4-13-2/h8-9,11H,3-7H2,1-2H3. The first-order valence-electron chi connectivity index (χ1n) is 5.20. The number of ether oxygens (including phenoxy) is 3. The Morgan fingerprint density at radius 3 is 2.93 bits per heavy atom. The van der Waals surface area contributed by atoms with Gasteiger partial charge in [0.15, 0.2) is 0 Å². The molecule has 2 atom stereocenters. The Hall–Kier alpha value is -0.650. The van der Waals surface area contributed by atoms with Gasteiger partial charge in [-0.3, -0.25) is 4.79 Å². The summed E-state index contributed by atoms with van der Waals surface area (Å²) >= 11 is 0. The van der Waals surface area contributed by atoms with Gasteiger partial charge in [0.05, 0.1) is 25.7 Å². The third-order valence-corrected chi connectivity index (χ3v) is 2.49. The SMILES string of the molecule is CNC1COCC1C(=O)OCCCOC. The molecule has 2 unspecified atom stereocenters. The zero-order valence-electron chi connectivity index (χ0n) is 9.32. The number of carbonyl (C=O) groups excluding carboxylic acids is 1. The average molecular weight is 217 g/mol. The van der Waals surface area contributed by atoms with Crippen LogP contribution in [0.1, 0.15) is 6.42 Å². The van der Waals surface area contributed by atoms with Crippen molar-refractivity contribution in [3.8, 4) is 0 Å². The highest BCUT2D eigenvalue weighted by Crippen LogP contribution is 2.14. The van der Waals surface area contributed by atoms with Crippen molar-refractivity contribution < 1.29 is 19.0 Å². The molecule has 1 aliphatic rings. The molecule has 0 aromatic rings. The predicted octanol–water partition coefficient (Wildman–Crippen LogP) is -0.200. The molecular weight excluding hydrogens is 198 g/mol. The second kappa shape index (κ2) is 6.76. The van der Waals surface area contributed by atoms with Crippen LogP contribution >= 0.6 is 0 Å². The normalized spacial score (nSPS) is 25.5. The smallest absolute Gasteiger partial charge is 0.312 e. The molecule has 1 rings (SSSR count). The molecule has 0 aromatic carbocycles. The first kappa shape index (κ1) is 12.4. The highest BCUT2D eigenvalue weighted by atomic mass is 16.5. The molecule has 5 heteroatoms. The molecule has 1 aliphatic heterocycles. The maximum absolute atomic E-state index is 11.6. The fraction of sp³-hybridized carbons (Fsp3) is 0.900. The lowest BCUT2D eigenvalue weighted by Gasteiger charge is -2.15. The molecule has 1 heterocycles. The van der Waals surface area contributed by atoms with E-state index in [4.69, 9.17) is 14.2 Å². The largest absolute Gasteiger partial charge is 0.465 e. The summed E-state index contributed by atoms with van der Waals surface area (Å²) in [5, 5.41) is 3.05. The zero-order valence-corrected chi connectivity index (χ0v) is 9.32. The van der Waals surface area contributed by atoms with Crippen LogP contribution in [0.5, 0.6) is 0 Å². The lowest BCUT2D eigenvalue weighted by molar-refractivity contribution is -0.149. The van der Waals surface area contributed by atoms with Crippen LogP contribution in [-0.4, -0.2) is 52.6 Å². The number of hydrogen-bond donors (Lipinski definition) is 1. The Morgan fingerprint density at radius 2 is 2.27 bits per heavy atom. The highest BCUT2D eigenvalue weighted by molar-refractivity contribution is 5.73. The summed E-state index contributed by atoms with van der Waals surface area (Å²) in [5.41, 5.74) is 0. The first-order chi connectivity index (χ1) is 7.29. The van der Waals surface area contributed by atoms with Crippen molar-refractivity contribution >= 4 is 5.97 Å². The Kier molecular flexibility index (Phi) is 5.60. The molecular formula is C10H19NO4. The van der Waals surface area contributed by atoms with E-state index in [0.29, 0.717) is 26.4 Å². The number of nitrogens with one attached hydrogen (secondary N) is 1. The molecule has 1 N–H and O–H groups in total. The van der Waals surface area contributed by atoms with Gasteiger partial charge < -0.3 is 19.5 Å². The topological polar surface area (TPSA) is 56.8 Å². The van der Waals surface area contributed by atoms with Gasteiger partial charge in [-0.25, -0.2) is 0 Å². The van der Waals surface area contributed by atoms with Gasteiger partial charge in [-0.1, -0.05) is 0 Å². The van der Waals surface area contributed by atoms with Crippen LogP contribution in [0.25, 0.3) is 0 Å². The number of methoxy groups -OCH3 is 1. The van der Waals surface area contributed by atoms with Crippen molar-refractivity contribution in [3.05, 3.63) is 0 Å². The molecule has 0 saturated carbocycles. The van der Waals surface area contributed by atoms with Crippen LogP contribution in [0.3, 0.4) is 0 Å². The lowest BCUT2D eigenvalue weighted by atomic mass is 10.0. The second-order valence-corrected chi connectivity index (χ2v) is 3.55. The summed E-state index contributed by atoms with van der Waals surface area (Å²) in [5.74, 6) is -0.347. The number of rotatable bonds is 6. The summed E-state index contributed by atoms with van der Waals surface area (Å²) in [4.78, 5) is 11.6. The van der Waals surface area contributed by atoms with E-state index in [9.17, 15) is 4.79 Å². The summed E-state index contributed by atoms with van der Waals surface area (Å²) < 4.78 is 15.2. The minimum atomic E-state index is -0.178. The molecule has 0 aromatic heterocycles. The molecule has 0 bridgehead atoms. The van der Waals surface area contributed by atoms with E-state index in [2.05, 4.69) is 5.32 Å². The van der Waals surface area contributed by atoms with Crippen LogP contribution in [0.2, 0.25) is 0 Å². The number of likely N-dealkylation sites (N-methyl/N-ethyl adjacent to an activating group) is 1. The van der Waals surface area contributed by atoms with Gasteiger partial charge >= 0.3 is 5.97 Å². The van der Waals surface area contributed by atoms with E-state index >= 15 is 0 Å². The summed E-state index contributed by atoms with van der Waals surface area (Å²) in [6.07, 6.45) is 0.736. The van der Waals surface area contributed by atoms with Crippen LogP contribution in [0.15, 0.2) is 0 Å². The van der Waals surface area contributed by atoms with Crippen LogP contribution in [0.4, 0.5) is 0 Å². The molecule has 15 heavy (non-hydrogen) atoms. The fourth-order valence-electron chi connectivity index (χ4n) is 1.55. The molecule has 0 aliphatic carbocycles. The Labute approximate surface area is 90.1 Å². The number of carbonyl (C=O) groups is 1. The fourth-order valence-corrected chi connectivity index (χ4v) is 1.55. The molecule has 0 amide bonds. The lowest BCUT2D eigenvalue weighted by Crippen LogP contribution is -2.37. The van der Waals surface area contributed by atoms with Gasteiger partial charge in [0.25, 0.3) is 0 Å². The van der Waals surface area contributed by atoms with Crippen molar-refractivity contribution in [1.82, 2.24) is 5.32 Å². The second-order valence-electron chi connectivity index (χ2n) is 3.55. The van der Waals surface area contributed by atoms with Crippen LogP contribution in [-0.2, 0) is 19.0 Å². The maximum atomic E-state index is 11.6. The zero-order chi connectivity index (χ0) is 11.1. The van der Waals surface area contributed by atoms with E-state index in [1.165, 1.54) is 0 Å².